The van der Waals surface area contributed by atoms with Crippen molar-refractivity contribution in [2.75, 3.05) is 19.7 Å². The second-order valence-corrected chi connectivity index (χ2v) is 8.72. The van der Waals surface area contributed by atoms with Crippen LogP contribution in [0.15, 0.2) is 57.0 Å². The van der Waals surface area contributed by atoms with Crippen molar-refractivity contribution in [2.45, 2.75) is 50.7 Å². The van der Waals surface area contributed by atoms with Crippen LogP contribution in [0.4, 0.5) is 0 Å². The van der Waals surface area contributed by atoms with Crippen LogP contribution >= 0.6 is 24.0 Å². The Hall–Kier alpha value is -1.63. The zero-order chi connectivity index (χ0) is 21.8. The van der Waals surface area contributed by atoms with Gasteiger partial charge in [0.15, 0.2) is 5.96 Å². The molecule has 0 aliphatic carbocycles. The number of nitrogens with zero attached hydrogens (tertiary/aromatic N) is 1. The number of guanidine groups is 1. The van der Waals surface area contributed by atoms with Gasteiger partial charge in [0.05, 0.1) is 23.8 Å². The van der Waals surface area contributed by atoms with Gasteiger partial charge >= 0.3 is 0 Å². The molecule has 0 radical (unpaired) electrons. The Balaban J connectivity index is 0.00000480. The quantitative estimate of drug-likeness (QED) is 0.158. The fraction of sp³-hybridized carbons (Fsp3) is 0.476. The van der Waals surface area contributed by atoms with Gasteiger partial charge in [0.25, 0.3) is 0 Å². The third kappa shape index (κ3) is 11.5. The highest BCUT2D eigenvalue weighted by Gasteiger charge is 2.07. The molecule has 4 N–H and O–H groups in total. The molecule has 2 rings (SSSR count). The maximum absolute atomic E-state index is 11.4. The van der Waals surface area contributed by atoms with Crippen LogP contribution in [-0.2, 0) is 27.7 Å². The number of nitrogens with two attached hydrogens (primary N) is 1. The number of nitrogens with one attached hydrogen (secondary N) is 2. The van der Waals surface area contributed by atoms with Crippen LogP contribution in [0, 0.1) is 0 Å². The predicted molar refractivity (Wildman–Crippen MR) is 133 cm³/mol. The number of hydrogen-bond acceptors (Lipinski definition) is 5. The minimum atomic E-state index is -3.69. The Morgan fingerprint density at radius 2 is 1.84 bits per heavy atom. The van der Waals surface area contributed by atoms with E-state index in [0.29, 0.717) is 19.0 Å². The number of furan rings is 1. The largest absolute Gasteiger partial charge is 0.469 e. The van der Waals surface area contributed by atoms with Crippen LogP contribution in [0.3, 0.4) is 0 Å². The first-order chi connectivity index (χ1) is 14.3. The summed E-state index contributed by atoms with van der Waals surface area (Å²) in [6.07, 6.45) is 4.60. The van der Waals surface area contributed by atoms with Crippen molar-refractivity contribution < 1.29 is 17.6 Å². The minimum Gasteiger partial charge on any atom is -0.469 e. The van der Waals surface area contributed by atoms with Gasteiger partial charge in [0.1, 0.15) is 5.76 Å². The summed E-state index contributed by atoms with van der Waals surface area (Å²) in [6.45, 7) is 6.67. The van der Waals surface area contributed by atoms with Crippen molar-refractivity contribution in [3.8, 4) is 0 Å². The average Bonchev–Trinajstić information content (AvgIpc) is 3.21. The van der Waals surface area contributed by atoms with Gasteiger partial charge in [-0.05, 0) is 56.5 Å². The highest BCUT2D eigenvalue weighted by molar-refractivity contribution is 14.0. The third-order valence-corrected chi connectivity index (χ3v) is 5.16. The number of aliphatic imine (C=N–C) groups is 1. The number of halogens is 1. The van der Waals surface area contributed by atoms with E-state index in [0.717, 1.165) is 43.7 Å². The smallest absolute Gasteiger partial charge is 0.238 e. The lowest BCUT2D eigenvalue weighted by atomic mass is 10.2. The Bertz CT molecular complexity index is 869. The molecule has 0 fully saturated rings. The van der Waals surface area contributed by atoms with Gasteiger partial charge in [-0.15, -0.1) is 24.0 Å². The normalized spacial score (nSPS) is 11.9. The van der Waals surface area contributed by atoms with Crippen molar-refractivity contribution >= 4 is 40.0 Å². The summed E-state index contributed by atoms with van der Waals surface area (Å²) < 4.78 is 33.7. The zero-order valence-electron chi connectivity index (χ0n) is 18.0. The fourth-order valence-electron chi connectivity index (χ4n) is 2.64. The predicted octanol–water partition coefficient (Wildman–Crippen LogP) is 3.03. The van der Waals surface area contributed by atoms with E-state index in [2.05, 4.69) is 15.6 Å². The molecule has 0 saturated carbocycles. The molecular weight excluding hydrogens is 531 g/mol. The molecule has 0 aliphatic rings. The second-order valence-electron chi connectivity index (χ2n) is 7.16. The van der Waals surface area contributed by atoms with Crippen LogP contribution in [0.2, 0.25) is 0 Å². The van der Waals surface area contributed by atoms with Crippen molar-refractivity contribution in [3.05, 3.63) is 54.0 Å². The van der Waals surface area contributed by atoms with E-state index < -0.39 is 10.0 Å². The second kappa shape index (κ2) is 14.4. The van der Waals surface area contributed by atoms with Crippen LogP contribution in [0.5, 0.6) is 0 Å². The highest BCUT2D eigenvalue weighted by Crippen LogP contribution is 2.09. The molecule has 1 aromatic carbocycles. The van der Waals surface area contributed by atoms with Crippen LogP contribution in [-0.4, -0.2) is 40.2 Å². The molecule has 0 unspecified atom stereocenters. The van der Waals surface area contributed by atoms with Crippen LogP contribution in [0.25, 0.3) is 0 Å². The van der Waals surface area contributed by atoms with E-state index in [1.807, 2.05) is 26.0 Å². The molecule has 0 amide bonds. The highest BCUT2D eigenvalue weighted by atomic mass is 127. The lowest BCUT2D eigenvalue weighted by molar-refractivity contribution is 0.0762. The number of unbranched alkanes of at least 4 members (excludes halogenated alkanes) is 1. The Morgan fingerprint density at radius 3 is 2.45 bits per heavy atom. The first-order valence-corrected chi connectivity index (χ1v) is 11.7. The molecule has 0 atom stereocenters. The Kier molecular flexibility index (Phi) is 12.8. The number of rotatable bonds is 12. The standard InChI is InChI=1S/C21H32N4O4S.HI/c1-17(2)28-14-4-3-12-23-21(24-13-11-19-6-5-15-29-19)25-16-18-7-9-20(10-8-18)30(22,26)27;/h5-10,15,17H,3-4,11-14,16H2,1-2H3,(H2,22,26,27)(H2,23,24,25);1H. The van der Waals surface area contributed by atoms with E-state index in [4.69, 9.17) is 14.3 Å². The number of primary sulfonamides is 1. The molecule has 1 heterocycles. The number of sulfonamides is 1. The summed E-state index contributed by atoms with van der Waals surface area (Å²) in [6, 6.07) is 10.2. The number of benzene rings is 1. The van der Waals surface area contributed by atoms with E-state index in [1.54, 1.807) is 18.4 Å². The summed E-state index contributed by atoms with van der Waals surface area (Å²) in [7, 11) is -3.69. The summed E-state index contributed by atoms with van der Waals surface area (Å²) in [5.41, 5.74) is 0.889. The lowest BCUT2D eigenvalue weighted by Gasteiger charge is -2.13. The van der Waals surface area contributed by atoms with E-state index >= 15 is 0 Å². The maximum atomic E-state index is 11.4. The minimum absolute atomic E-state index is 0. The van der Waals surface area contributed by atoms with E-state index in [-0.39, 0.29) is 35.0 Å². The van der Waals surface area contributed by atoms with E-state index in [1.165, 1.54) is 12.1 Å². The van der Waals surface area contributed by atoms with Gasteiger partial charge < -0.3 is 19.8 Å². The lowest BCUT2D eigenvalue weighted by Crippen LogP contribution is -2.39. The monoisotopic (exact) mass is 564 g/mol. The van der Waals surface area contributed by atoms with Gasteiger partial charge in [-0.2, -0.15) is 0 Å². The summed E-state index contributed by atoms with van der Waals surface area (Å²) in [4.78, 5) is 4.69. The molecular formula is C21H33IN4O4S. The molecule has 0 spiro atoms. The molecule has 1 aromatic heterocycles. The molecule has 10 heteroatoms. The number of hydrogen-bond donors (Lipinski definition) is 3. The molecule has 0 bridgehead atoms. The molecule has 0 aliphatic heterocycles. The zero-order valence-corrected chi connectivity index (χ0v) is 21.2. The van der Waals surface area contributed by atoms with E-state index in [9.17, 15) is 8.42 Å². The van der Waals surface area contributed by atoms with Gasteiger partial charge in [0, 0.05) is 26.1 Å². The first-order valence-electron chi connectivity index (χ1n) is 10.1. The summed E-state index contributed by atoms with van der Waals surface area (Å²) in [5, 5.41) is 11.8. The molecule has 174 valence electrons. The number of ether oxygens (including phenoxy) is 1. The Labute approximate surface area is 202 Å². The molecule has 8 nitrogen and oxygen atoms in total. The van der Waals surface area contributed by atoms with Crippen LogP contribution in [0.1, 0.15) is 38.0 Å². The summed E-state index contributed by atoms with van der Waals surface area (Å²) >= 11 is 0. The average molecular weight is 564 g/mol. The van der Waals surface area contributed by atoms with Crippen molar-refractivity contribution in [3.63, 3.8) is 0 Å². The van der Waals surface area contributed by atoms with Gasteiger partial charge in [-0.1, -0.05) is 12.1 Å². The first kappa shape index (κ1) is 27.4. The SMILES string of the molecule is CC(C)OCCCCNC(=NCc1ccc(S(N)(=O)=O)cc1)NCCc1ccco1.I. The summed E-state index contributed by atoms with van der Waals surface area (Å²) in [5.74, 6) is 1.60. The fourth-order valence-corrected chi connectivity index (χ4v) is 3.16. The molecule has 31 heavy (non-hydrogen) atoms. The van der Waals surface area contributed by atoms with Crippen molar-refractivity contribution in [2.24, 2.45) is 10.1 Å². The maximum Gasteiger partial charge on any atom is 0.238 e. The van der Waals surface area contributed by atoms with Gasteiger partial charge in [-0.3, -0.25) is 0 Å². The van der Waals surface area contributed by atoms with Crippen LogP contribution < -0.4 is 15.8 Å². The third-order valence-electron chi connectivity index (χ3n) is 4.23. The van der Waals surface area contributed by atoms with Gasteiger partial charge in [-0.25, -0.2) is 18.5 Å². The van der Waals surface area contributed by atoms with Gasteiger partial charge in [0.2, 0.25) is 10.0 Å². The molecule has 2 aromatic rings. The van der Waals surface area contributed by atoms with Crippen molar-refractivity contribution in [1.82, 2.24) is 10.6 Å². The Morgan fingerprint density at radius 1 is 1.13 bits per heavy atom. The molecule has 0 saturated heterocycles. The topological polar surface area (TPSA) is 119 Å². The van der Waals surface area contributed by atoms with Crippen molar-refractivity contribution in [1.29, 1.82) is 0 Å².